The van der Waals surface area contributed by atoms with Crippen LogP contribution in [0.15, 0.2) is 0 Å². The standard InChI is InChI=1S/C9H17ClO/c1-4-9(2,3)11-8-5-7(10)6-8/h7-8H,4-6H2,1-3H3. The third-order valence-electron chi connectivity index (χ3n) is 2.37. The molecule has 0 amide bonds. The number of hydrogen-bond donors (Lipinski definition) is 0. The number of hydrogen-bond acceptors (Lipinski definition) is 1. The molecule has 0 N–H and O–H groups in total. The number of alkyl halides is 1. The molecule has 1 aliphatic rings. The topological polar surface area (TPSA) is 9.23 Å². The molecule has 0 aliphatic heterocycles. The summed E-state index contributed by atoms with van der Waals surface area (Å²) in [6.45, 7) is 6.42. The van der Waals surface area contributed by atoms with E-state index in [2.05, 4.69) is 20.8 Å². The van der Waals surface area contributed by atoms with Gasteiger partial charge in [-0.1, -0.05) is 6.92 Å². The Morgan fingerprint density at radius 2 is 2.00 bits per heavy atom. The summed E-state index contributed by atoms with van der Waals surface area (Å²) >= 11 is 5.84. The third kappa shape index (κ3) is 2.64. The van der Waals surface area contributed by atoms with Gasteiger partial charge in [-0.2, -0.15) is 0 Å². The van der Waals surface area contributed by atoms with Crippen molar-refractivity contribution in [3.8, 4) is 0 Å². The van der Waals surface area contributed by atoms with E-state index in [1.54, 1.807) is 0 Å². The minimum Gasteiger partial charge on any atom is -0.372 e. The molecule has 11 heavy (non-hydrogen) atoms. The summed E-state index contributed by atoms with van der Waals surface area (Å²) in [5, 5.41) is 0.368. The second kappa shape index (κ2) is 3.32. The molecule has 0 spiro atoms. The highest BCUT2D eigenvalue weighted by Crippen LogP contribution is 2.32. The molecule has 1 saturated carbocycles. The summed E-state index contributed by atoms with van der Waals surface area (Å²) in [6, 6.07) is 0. The maximum atomic E-state index is 5.84. The van der Waals surface area contributed by atoms with E-state index in [4.69, 9.17) is 16.3 Å². The molecule has 1 rings (SSSR count). The minimum absolute atomic E-state index is 0.0433. The van der Waals surface area contributed by atoms with Gasteiger partial charge in [-0.25, -0.2) is 0 Å². The van der Waals surface area contributed by atoms with Gasteiger partial charge in [0.15, 0.2) is 0 Å². The van der Waals surface area contributed by atoms with E-state index in [-0.39, 0.29) is 5.60 Å². The maximum Gasteiger partial charge on any atom is 0.0627 e. The van der Waals surface area contributed by atoms with Crippen LogP contribution in [0.3, 0.4) is 0 Å². The van der Waals surface area contributed by atoms with Crippen LogP contribution >= 0.6 is 11.6 Å². The SMILES string of the molecule is CCC(C)(C)OC1CC(Cl)C1. The lowest BCUT2D eigenvalue weighted by Crippen LogP contribution is -2.39. The fourth-order valence-electron chi connectivity index (χ4n) is 1.13. The second-order valence-electron chi connectivity index (χ2n) is 3.92. The van der Waals surface area contributed by atoms with E-state index in [0.29, 0.717) is 11.5 Å². The molecule has 0 unspecified atom stereocenters. The van der Waals surface area contributed by atoms with Crippen molar-refractivity contribution < 1.29 is 4.74 Å². The van der Waals surface area contributed by atoms with Crippen LogP contribution in [-0.4, -0.2) is 17.1 Å². The lowest BCUT2D eigenvalue weighted by Gasteiger charge is -2.37. The van der Waals surface area contributed by atoms with Crippen LogP contribution < -0.4 is 0 Å². The zero-order valence-electron chi connectivity index (χ0n) is 7.56. The molecule has 0 atom stereocenters. The second-order valence-corrected chi connectivity index (χ2v) is 4.54. The molecule has 66 valence electrons. The van der Waals surface area contributed by atoms with Gasteiger partial charge in [0.05, 0.1) is 11.7 Å². The van der Waals surface area contributed by atoms with Gasteiger partial charge in [-0.15, -0.1) is 11.6 Å². The molecule has 1 fully saturated rings. The first-order valence-electron chi connectivity index (χ1n) is 4.35. The quantitative estimate of drug-likeness (QED) is 0.601. The van der Waals surface area contributed by atoms with Crippen molar-refractivity contribution in [3.05, 3.63) is 0 Å². The van der Waals surface area contributed by atoms with Gasteiger partial charge in [0.1, 0.15) is 0 Å². The molecular weight excluding hydrogens is 160 g/mol. The average Bonchev–Trinajstić information content (AvgIpc) is 1.84. The van der Waals surface area contributed by atoms with Crippen molar-refractivity contribution in [3.63, 3.8) is 0 Å². The van der Waals surface area contributed by atoms with Crippen molar-refractivity contribution in [2.24, 2.45) is 0 Å². The Bertz CT molecular complexity index is 128. The fourth-order valence-corrected chi connectivity index (χ4v) is 1.53. The lowest BCUT2D eigenvalue weighted by atomic mass is 9.94. The van der Waals surface area contributed by atoms with Crippen LogP contribution in [0.4, 0.5) is 0 Å². The van der Waals surface area contributed by atoms with Gasteiger partial charge < -0.3 is 4.74 Å². The van der Waals surface area contributed by atoms with Crippen molar-refractivity contribution in [1.29, 1.82) is 0 Å². The first-order chi connectivity index (χ1) is 5.03. The fraction of sp³-hybridized carbons (Fsp3) is 1.00. The molecule has 0 heterocycles. The average molecular weight is 177 g/mol. The maximum absolute atomic E-state index is 5.84. The highest BCUT2D eigenvalue weighted by atomic mass is 35.5. The Morgan fingerprint density at radius 1 is 1.45 bits per heavy atom. The number of halogens is 1. The Morgan fingerprint density at radius 3 is 2.36 bits per heavy atom. The van der Waals surface area contributed by atoms with Crippen molar-refractivity contribution in [2.45, 2.75) is 57.1 Å². The third-order valence-corrected chi connectivity index (χ3v) is 2.73. The zero-order chi connectivity index (χ0) is 8.48. The smallest absolute Gasteiger partial charge is 0.0627 e. The monoisotopic (exact) mass is 176 g/mol. The van der Waals surface area contributed by atoms with Crippen LogP contribution in [0.5, 0.6) is 0 Å². The van der Waals surface area contributed by atoms with Crippen LogP contribution in [0, 0.1) is 0 Å². The largest absolute Gasteiger partial charge is 0.372 e. The summed E-state index contributed by atoms with van der Waals surface area (Å²) in [6.07, 6.45) is 3.55. The summed E-state index contributed by atoms with van der Waals surface area (Å²) in [4.78, 5) is 0. The molecule has 0 radical (unpaired) electrons. The van der Waals surface area contributed by atoms with Crippen molar-refractivity contribution in [2.75, 3.05) is 0 Å². The zero-order valence-corrected chi connectivity index (χ0v) is 8.32. The highest BCUT2D eigenvalue weighted by Gasteiger charge is 2.32. The molecule has 0 aromatic heterocycles. The molecule has 1 aliphatic carbocycles. The van der Waals surface area contributed by atoms with Crippen LogP contribution in [-0.2, 0) is 4.74 Å². The van der Waals surface area contributed by atoms with Crippen molar-refractivity contribution in [1.82, 2.24) is 0 Å². The normalized spacial score (nSPS) is 31.6. The molecule has 2 heteroatoms. The van der Waals surface area contributed by atoms with Crippen LogP contribution in [0.25, 0.3) is 0 Å². The first-order valence-corrected chi connectivity index (χ1v) is 4.79. The molecular formula is C9H17ClO. The van der Waals surface area contributed by atoms with E-state index in [1.165, 1.54) is 0 Å². The van der Waals surface area contributed by atoms with Gasteiger partial charge in [-0.05, 0) is 33.1 Å². The predicted molar refractivity (Wildman–Crippen MR) is 48.1 cm³/mol. The van der Waals surface area contributed by atoms with E-state index in [9.17, 15) is 0 Å². The molecule has 0 aromatic rings. The van der Waals surface area contributed by atoms with E-state index in [0.717, 1.165) is 19.3 Å². The summed E-state index contributed by atoms with van der Waals surface area (Å²) in [5.41, 5.74) is 0.0433. The van der Waals surface area contributed by atoms with E-state index in [1.807, 2.05) is 0 Å². The molecule has 0 bridgehead atoms. The van der Waals surface area contributed by atoms with Crippen LogP contribution in [0.1, 0.15) is 40.0 Å². The number of rotatable bonds is 3. The Hall–Kier alpha value is 0.250. The Balaban J connectivity index is 2.21. The Kier molecular flexibility index (Phi) is 2.82. The van der Waals surface area contributed by atoms with Gasteiger partial charge in [0.2, 0.25) is 0 Å². The van der Waals surface area contributed by atoms with Crippen LogP contribution in [0.2, 0.25) is 0 Å². The molecule has 0 saturated heterocycles. The predicted octanol–water partition coefficient (Wildman–Crippen LogP) is 2.96. The number of ether oxygens (including phenoxy) is 1. The first kappa shape index (κ1) is 9.34. The lowest BCUT2D eigenvalue weighted by molar-refractivity contribution is -0.102. The van der Waals surface area contributed by atoms with Gasteiger partial charge in [0.25, 0.3) is 0 Å². The van der Waals surface area contributed by atoms with E-state index >= 15 is 0 Å². The van der Waals surface area contributed by atoms with Gasteiger partial charge in [-0.3, -0.25) is 0 Å². The van der Waals surface area contributed by atoms with Crippen molar-refractivity contribution >= 4 is 11.6 Å². The van der Waals surface area contributed by atoms with E-state index < -0.39 is 0 Å². The molecule has 0 aromatic carbocycles. The Labute approximate surface area is 74.1 Å². The summed E-state index contributed by atoms with van der Waals surface area (Å²) in [7, 11) is 0. The van der Waals surface area contributed by atoms with Gasteiger partial charge >= 0.3 is 0 Å². The summed E-state index contributed by atoms with van der Waals surface area (Å²) < 4.78 is 5.81. The summed E-state index contributed by atoms with van der Waals surface area (Å²) in [5.74, 6) is 0. The molecule has 1 nitrogen and oxygen atoms in total. The van der Waals surface area contributed by atoms with Gasteiger partial charge in [0, 0.05) is 5.38 Å². The minimum atomic E-state index is 0.0433. The highest BCUT2D eigenvalue weighted by molar-refractivity contribution is 6.21.